The van der Waals surface area contributed by atoms with Crippen molar-refractivity contribution in [3.05, 3.63) is 59.9 Å². The molecule has 0 atom stereocenters. The number of likely N-dealkylation sites (tertiary alicyclic amines) is 1. The molecule has 2 N–H and O–H groups in total. The van der Waals surface area contributed by atoms with Crippen molar-refractivity contribution >= 4 is 23.6 Å². The molecule has 34 heavy (non-hydrogen) atoms. The Labute approximate surface area is 200 Å². The molecule has 4 rings (SSSR count). The maximum absolute atomic E-state index is 12.7. The molecular formula is C23H26F3N5O2S. The molecule has 0 aliphatic carbocycles. The molecule has 2 fully saturated rings. The summed E-state index contributed by atoms with van der Waals surface area (Å²) >= 11 is -0.207. The third-order valence-electron chi connectivity index (χ3n) is 6.30. The van der Waals surface area contributed by atoms with Gasteiger partial charge in [0.25, 0.3) is 5.91 Å². The van der Waals surface area contributed by atoms with Gasteiger partial charge in [-0.25, -0.2) is 0 Å². The minimum absolute atomic E-state index is 0.0415. The van der Waals surface area contributed by atoms with Gasteiger partial charge in [0, 0.05) is 55.6 Å². The summed E-state index contributed by atoms with van der Waals surface area (Å²) in [6, 6.07) is 9.26. The number of carbonyl (C=O) groups excluding carboxylic acids is 2. The van der Waals surface area contributed by atoms with Crippen LogP contribution < -0.4 is 10.6 Å². The van der Waals surface area contributed by atoms with Gasteiger partial charge < -0.3 is 15.5 Å². The summed E-state index contributed by atoms with van der Waals surface area (Å²) in [5, 5.41) is 5.80. The van der Waals surface area contributed by atoms with E-state index in [1.54, 1.807) is 6.20 Å². The van der Waals surface area contributed by atoms with Gasteiger partial charge in [-0.1, -0.05) is 6.07 Å². The fraction of sp³-hybridized carbons (Fsp3) is 0.435. The highest BCUT2D eigenvalue weighted by Crippen LogP contribution is 2.36. The predicted molar refractivity (Wildman–Crippen MR) is 122 cm³/mol. The first-order chi connectivity index (χ1) is 16.2. The van der Waals surface area contributed by atoms with Crippen molar-refractivity contribution in [1.82, 2.24) is 25.4 Å². The third kappa shape index (κ3) is 5.89. The second-order valence-electron chi connectivity index (χ2n) is 8.42. The number of alkyl halides is 3. The summed E-state index contributed by atoms with van der Waals surface area (Å²) in [5.74, 6) is -0.258. The van der Waals surface area contributed by atoms with Crippen LogP contribution in [0.15, 0.2) is 53.7 Å². The highest BCUT2D eigenvalue weighted by molar-refractivity contribution is 8.00. The monoisotopic (exact) mass is 493 g/mol. The van der Waals surface area contributed by atoms with Gasteiger partial charge in [0.05, 0.1) is 6.67 Å². The van der Waals surface area contributed by atoms with E-state index in [0.29, 0.717) is 44.7 Å². The lowest BCUT2D eigenvalue weighted by molar-refractivity contribution is -0.129. The number of pyridine rings is 1. The number of hydrogen-bond donors (Lipinski definition) is 2. The molecule has 2 saturated heterocycles. The molecule has 1 aromatic heterocycles. The molecule has 0 unspecified atom stereocenters. The Balaban J connectivity index is 1.24. The molecular weight excluding hydrogens is 467 g/mol. The van der Waals surface area contributed by atoms with Crippen LogP contribution in [0, 0.1) is 0 Å². The molecule has 1 aromatic carbocycles. The van der Waals surface area contributed by atoms with E-state index >= 15 is 0 Å². The van der Waals surface area contributed by atoms with Crippen LogP contribution in [0.4, 0.5) is 13.2 Å². The number of piperidine rings is 1. The average molecular weight is 494 g/mol. The van der Waals surface area contributed by atoms with Crippen LogP contribution in [0.2, 0.25) is 0 Å². The summed E-state index contributed by atoms with van der Waals surface area (Å²) in [6.07, 6.45) is 4.94. The Morgan fingerprint density at radius 1 is 1.18 bits per heavy atom. The van der Waals surface area contributed by atoms with Crippen molar-refractivity contribution in [3.63, 3.8) is 0 Å². The molecule has 2 amide bonds. The van der Waals surface area contributed by atoms with Gasteiger partial charge in [-0.3, -0.25) is 19.5 Å². The molecule has 0 radical (unpaired) electrons. The Hall–Kier alpha value is -2.63. The molecule has 3 heterocycles. The Morgan fingerprint density at radius 3 is 2.56 bits per heavy atom. The fourth-order valence-corrected chi connectivity index (χ4v) is 5.01. The maximum Gasteiger partial charge on any atom is 0.446 e. The van der Waals surface area contributed by atoms with Gasteiger partial charge >= 0.3 is 5.51 Å². The molecule has 2 aliphatic heterocycles. The van der Waals surface area contributed by atoms with Gasteiger partial charge in [-0.05, 0) is 60.5 Å². The van der Waals surface area contributed by atoms with Crippen molar-refractivity contribution in [2.75, 3.05) is 32.8 Å². The quantitative estimate of drug-likeness (QED) is 0.578. The van der Waals surface area contributed by atoms with Crippen LogP contribution >= 0.6 is 11.8 Å². The van der Waals surface area contributed by atoms with Crippen LogP contribution in [0.3, 0.4) is 0 Å². The molecule has 1 spiro atoms. The summed E-state index contributed by atoms with van der Waals surface area (Å²) in [6.45, 7) is 3.68. The largest absolute Gasteiger partial charge is 0.446 e. The summed E-state index contributed by atoms with van der Waals surface area (Å²) in [5.41, 5.74) is -3.50. The van der Waals surface area contributed by atoms with Gasteiger partial charge in [0.15, 0.2) is 0 Å². The molecule has 182 valence electrons. The standard InChI is InChI=1S/C23H26F3N5O2S/c24-23(25,26)34-19-5-3-18(4-6-19)20(32)28-10-13-30-11-7-22(8-12-30)21(33)29-16-31(22)15-17-2-1-9-27-14-17/h1-6,9,14H,7-8,10-13,15-16H2,(H,28,32)(H,29,33). The number of rotatable bonds is 7. The van der Waals surface area contributed by atoms with Crippen molar-refractivity contribution in [1.29, 1.82) is 0 Å². The highest BCUT2D eigenvalue weighted by Gasteiger charge is 2.49. The number of aromatic nitrogens is 1. The van der Waals surface area contributed by atoms with Crippen LogP contribution in [0.25, 0.3) is 0 Å². The van der Waals surface area contributed by atoms with Crippen molar-refractivity contribution in [2.24, 2.45) is 0 Å². The maximum atomic E-state index is 12.7. The Kier molecular flexibility index (Phi) is 7.44. The third-order valence-corrected chi connectivity index (χ3v) is 7.04. The number of nitrogens with one attached hydrogen (secondary N) is 2. The summed E-state index contributed by atoms with van der Waals surface area (Å²) in [4.78, 5) is 33.6. The Bertz CT molecular complexity index is 996. The zero-order chi connectivity index (χ0) is 24.2. The molecule has 2 aromatic rings. The number of thioether (sulfide) groups is 1. The minimum atomic E-state index is -4.36. The second-order valence-corrected chi connectivity index (χ2v) is 9.56. The number of nitrogens with zero attached hydrogens (tertiary/aromatic N) is 3. The predicted octanol–water partition coefficient (Wildman–Crippen LogP) is 2.85. The van der Waals surface area contributed by atoms with Gasteiger partial charge in [0.2, 0.25) is 5.91 Å². The van der Waals surface area contributed by atoms with Crippen molar-refractivity contribution < 1.29 is 22.8 Å². The number of halogens is 3. The SMILES string of the molecule is O=C(NCCN1CCC2(CC1)C(=O)NCN2Cc1cccnc1)c1ccc(SC(F)(F)F)cc1. The van der Waals surface area contributed by atoms with Gasteiger partial charge in [0.1, 0.15) is 5.54 Å². The van der Waals surface area contributed by atoms with Crippen LogP contribution in [0.1, 0.15) is 28.8 Å². The second kappa shape index (κ2) is 10.3. The number of carbonyl (C=O) groups is 2. The molecule has 7 nitrogen and oxygen atoms in total. The van der Waals surface area contributed by atoms with E-state index in [9.17, 15) is 22.8 Å². The first-order valence-electron chi connectivity index (χ1n) is 11.0. The number of benzene rings is 1. The van der Waals surface area contributed by atoms with Crippen LogP contribution in [-0.4, -0.2) is 70.5 Å². The zero-order valence-electron chi connectivity index (χ0n) is 18.5. The summed E-state index contributed by atoms with van der Waals surface area (Å²) in [7, 11) is 0. The Morgan fingerprint density at radius 2 is 1.91 bits per heavy atom. The lowest BCUT2D eigenvalue weighted by Gasteiger charge is -2.42. The van der Waals surface area contributed by atoms with E-state index in [4.69, 9.17) is 0 Å². The average Bonchev–Trinajstić information content (AvgIpc) is 3.10. The molecule has 11 heteroatoms. The van der Waals surface area contributed by atoms with Crippen LogP contribution in [-0.2, 0) is 11.3 Å². The first kappa shape index (κ1) is 24.5. The van der Waals surface area contributed by atoms with E-state index in [1.165, 1.54) is 24.3 Å². The van der Waals surface area contributed by atoms with E-state index < -0.39 is 11.0 Å². The topological polar surface area (TPSA) is 77.6 Å². The smallest absolute Gasteiger partial charge is 0.351 e. The first-order valence-corrected chi connectivity index (χ1v) is 11.9. The fourth-order valence-electron chi connectivity index (χ4n) is 4.47. The van der Waals surface area contributed by atoms with E-state index in [0.717, 1.165) is 18.7 Å². The van der Waals surface area contributed by atoms with E-state index in [-0.39, 0.29) is 28.5 Å². The minimum Gasteiger partial charge on any atom is -0.351 e. The molecule has 2 aliphatic rings. The summed E-state index contributed by atoms with van der Waals surface area (Å²) < 4.78 is 37.3. The highest BCUT2D eigenvalue weighted by atomic mass is 32.2. The van der Waals surface area contributed by atoms with Gasteiger partial charge in [-0.2, -0.15) is 13.2 Å². The zero-order valence-corrected chi connectivity index (χ0v) is 19.3. The normalized spacial score (nSPS) is 18.7. The van der Waals surface area contributed by atoms with Crippen molar-refractivity contribution in [2.45, 2.75) is 35.3 Å². The molecule has 0 saturated carbocycles. The number of hydrogen-bond acceptors (Lipinski definition) is 6. The van der Waals surface area contributed by atoms with Gasteiger partial charge in [-0.15, -0.1) is 0 Å². The van der Waals surface area contributed by atoms with E-state index in [2.05, 4.69) is 25.4 Å². The lowest BCUT2D eigenvalue weighted by atomic mass is 9.86. The van der Waals surface area contributed by atoms with E-state index in [1.807, 2.05) is 18.3 Å². The van der Waals surface area contributed by atoms with Crippen LogP contribution in [0.5, 0.6) is 0 Å². The lowest BCUT2D eigenvalue weighted by Crippen LogP contribution is -2.56. The molecule has 0 bridgehead atoms. The number of amides is 2. The van der Waals surface area contributed by atoms with Crippen molar-refractivity contribution in [3.8, 4) is 0 Å².